The zero-order valence-corrected chi connectivity index (χ0v) is 76.3. The van der Waals surface area contributed by atoms with Gasteiger partial charge < -0.3 is 17.7 Å². The lowest BCUT2D eigenvalue weighted by molar-refractivity contribution is 0.660. The van der Waals surface area contributed by atoms with Gasteiger partial charge in [-0.15, -0.1) is 0 Å². The van der Waals surface area contributed by atoms with E-state index in [9.17, 15) is 0 Å². The molecular weight excluding hydrogens is 1710 g/mol. The van der Waals surface area contributed by atoms with Gasteiger partial charge in [0.2, 0.25) is 0 Å². The number of para-hydroxylation sites is 4. The third-order valence-electron chi connectivity index (χ3n) is 29.3. The second kappa shape index (κ2) is 34.4. The molecule has 0 fully saturated rings. The molecule has 0 N–H and O–H groups in total. The molecule has 29 rings (SSSR count). The number of furan rings is 4. The number of hydrogen-bond acceptors (Lipinski definition) is 4. The Bertz CT molecular complexity index is 9670. The summed E-state index contributed by atoms with van der Waals surface area (Å²) in [5.41, 5.74) is 36.4. The zero-order valence-electron chi connectivity index (χ0n) is 76.3. The van der Waals surface area contributed by atoms with E-state index in [4.69, 9.17) is 17.7 Å². The Morgan fingerprint density at radius 1 is 0.142 bits per heavy atom. The molecule has 666 valence electrons. The molecule has 0 bridgehead atoms. The molecule has 4 heterocycles. The molecule has 28 aromatic rings. The van der Waals surface area contributed by atoms with Crippen LogP contribution in [-0.4, -0.2) is 0 Å². The van der Waals surface area contributed by atoms with Crippen LogP contribution in [0.4, 0.5) is 0 Å². The average Bonchev–Trinajstić information content (AvgIpc) is 1.68. The second-order valence-electron chi connectivity index (χ2n) is 37.2. The van der Waals surface area contributed by atoms with Gasteiger partial charge in [0.15, 0.2) is 0 Å². The molecule has 1 aliphatic rings. The lowest BCUT2D eigenvalue weighted by Gasteiger charge is -2.22. The van der Waals surface area contributed by atoms with Gasteiger partial charge in [0.1, 0.15) is 44.7 Å². The summed E-state index contributed by atoms with van der Waals surface area (Å²) in [6, 6.07) is 174. The summed E-state index contributed by atoms with van der Waals surface area (Å²) in [6.45, 7) is 4.69. The van der Waals surface area contributed by atoms with Crippen molar-refractivity contribution in [3.05, 3.63) is 496 Å². The van der Waals surface area contributed by atoms with E-state index in [0.717, 1.165) is 116 Å². The van der Waals surface area contributed by atoms with E-state index in [1.807, 2.05) is 18.2 Å². The van der Waals surface area contributed by atoms with Gasteiger partial charge in [0, 0.05) is 65.2 Å². The first-order valence-corrected chi connectivity index (χ1v) is 47.9. The van der Waals surface area contributed by atoms with Crippen molar-refractivity contribution in [2.75, 3.05) is 0 Å². The van der Waals surface area contributed by atoms with Crippen LogP contribution in [0.1, 0.15) is 39.8 Å². The minimum atomic E-state index is -0.0762. The van der Waals surface area contributed by atoms with E-state index in [-0.39, 0.29) is 20.3 Å². The molecule has 0 amide bonds. The third-order valence-corrected chi connectivity index (χ3v) is 29.3. The maximum absolute atomic E-state index is 6.85. The van der Waals surface area contributed by atoms with E-state index in [1.54, 1.807) is 0 Å². The van der Waals surface area contributed by atoms with E-state index in [0.29, 0.717) is 0 Å². The Hall–Kier alpha value is -18.0. The van der Waals surface area contributed by atoms with Crippen LogP contribution >= 0.6 is 0 Å². The molecule has 0 radical (unpaired) electrons. The van der Waals surface area contributed by atoms with Crippen LogP contribution in [0.25, 0.3) is 275 Å². The summed E-state index contributed by atoms with van der Waals surface area (Å²) in [4.78, 5) is 0. The van der Waals surface area contributed by atoms with E-state index in [2.05, 4.69) is 481 Å². The molecule has 0 saturated heterocycles. The molecular formula is C137H94O4. The smallest absolute Gasteiger partial charge is 0.143 e. The molecule has 4 heteroatoms. The van der Waals surface area contributed by atoms with E-state index >= 15 is 0 Å². The molecule has 141 heavy (non-hydrogen) atoms. The molecule has 24 aromatic carbocycles. The van der Waals surface area contributed by atoms with E-state index in [1.165, 1.54) is 170 Å². The van der Waals surface area contributed by atoms with Gasteiger partial charge in [0.05, 0.1) is 0 Å². The van der Waals surface area contributed by atoms with Gasteiger partial charge in [-0.25, -0.2) is 0 Å². The van der Waals surface area contributed by atoms with Crippen LogP contribution in [0, 0.1) is 0 Å². The highest BCUT2D eigenvalue weighted by atomic mass is 16.3. The number of benzene rings is 24. The van der Waals surface area contributed by atoms with Gasteiger partial charge in [-0.2, -0.15) is 0 Å². The summed E-state index contributed by atoms with van der Waals surface area (Å²) in [7, 11) is 0. The van der Waals surface area contributed by atoms with Crippen molar-refractivity contribution < 1.29 is 17.7 Å². The molecule has 0 atom stereocenters. The van der Waals surface area contributed by atoms with Crippen LogP contribution in [0.3, 0.4) is 0 Å². The topological polar surface area (TPSA) is 52.6 Å². The quantitative estimate of drug-likeness (QED) is 0.128. The highest BCUT2D eigenvalue weighted by molar-refractivity contribution is 6.31. The predicted molar refractivity (Wildman–Crippen MR) is 599 cm³/mol. The van der Waals surface area contributed by atoms with Crippen molar-refractivity contribution in [2.24, 2.45) is 0 Å². The maximum atomic E-state index is 6.85. The number of rotatable bonds is 10. The van der Waals surface area contributed by atoms with Gasteiger partial charge >= 0.3 is 0 Å². The van der Waals surface area contributed by atoms with Crippen molar-refractivity contribution >= 4 is 152 Å². The second-order valence-corrected chi connectivity index (χ2v) is 37.2. The monoisotopic (exact) mass is 1800 g/mol. The Kier molecular flexibility index (Phi) is 20.7. The van der Waals surface area contributed by atoms with Crippen LogP contribution < -0.4 is 0 Å². The fraction of sp³-hybridized carbons (Fsp3) is 0.0365. The molecule has 0 saturated carbocycles. The van der Waals surface area contributed by atoms with Crippen LogP contribution in [-0.2, 0) is 5.41 Å². The molecule has 1 aliphatic carbocycles. The highest BCUT2D eigenvalue weighted by Gasteiger charge is 2.36. The maximum Gasteiger partial charge on any atom is 0.143 e. The summed E-state index contributed by atoms with van der Waals surface area (Å²) < 4.78 is 26.5. The lowest BCUT2D eigenvalue weighted by atomic mass is 9.81. The molecule has 0 unspecified atom stereocenters. The molecule has 0 aliphatic heterocycles. The third kappa shape index (κ3) is 13.7. The minimum absolute atomic E-state index is 0. The van der Waals surface area contributed by atoms with Gasteiger partial charge in [-0.05, 0) is 242 Å². The average molecular weight is 1800 g/mol. The first-order chi connectivity index (χ1) is 68.8. The molecule has 4 nitrogen and oxygen atoms in total. The fourth-order valence-corrected chi connectivity index (χ4v) is 23.0. The first-order valence-electron chi connectivity index (χ1n) is 47.9. The fourth-order valence-electron chi connectivity index (χ4n) is 23.0. The summed E-state index contributed by atoms with van der Waals surface area (Å²) >= 11 is 0. The van der Waals surface area contributed by atoms with E-state index < -0.39 is 0 Å². The highest BCUT2D eigenvalue weighted by Crippen LogP contribution is 2.56. The number of hydrogen-bond donors (Lipinski definition) is 0. The van der Waals surface area contributed by atoms with Crippen molar-refractivity contribution in [1.29, 1.82) is 0 Å². The Balaban J connectivity index is 0.000000111. The summed E-state index contributed by atoms with van der Waals surface area (Å²) in [6.07, 6.45) is 0. The standard InChI is InChI=1S/C47H32O.C44H26O2.C44H28O.2CH4/c1-47(2)40-22-12-10-16-32(40)33-25-24-30(28-41(33)47)31-26-27-39(45-38-21-11-13-23-42(38)48-46(31)45)44-36-19-8-6-17-34(36)43(29-14-4-3-5-15-29)35-18-7-9-20-37(35)44;1-2-12-27(13-3-1)41-31-15-4-6-17-33(31)42(34-18-7-5-16-32(34)41)36-24-23-29(44-43(36)35-19-9-11-21-39(35)46-44)28-22-25-40-37(26-28)30-14-8-10-20-38(30)45-40;1-3-13-29(14-4-1)30-23-25-31(26-24-30)33-27-28-39(43-38-21-11-12-22-40(38)45-44(33)43)42-36-19-9-7-17-34(36)41(32-15-5-2-6-16-32)35-18-8-10-20-37(35)42;;/h3-28H,1-2H3;1-26H;1-28H;2*1H4. The number of fused-ring (bicyclic) bond motifs is 21. The molecule has 0 spiro atoms. The predicted octanol–water partition coefficient (Wildman–Crippen LogP) is 39.8. The van der Waals surface area contributed by atoms with Crippen molar-refractivity contribution in [1.82, 2.24) is 0 Å². The Labute approximate surface area is 817 Å². The zero-order chi connectivity index (χ0) is 91.9. The van der Waals surface area contributed by atoms with Gasteiger partial charge in [-0.3, -0.25) is 0 Å². The van der Waals surface area contributed by atoms with Crippen molar-refractivity contribution in [2.45, 2.75) is 34.1 Å². The Morgan fingerprint density at radius 2 is 0.376 bits per heavy atom. The Morgan fingerprint density at radius 3 is 0.745 bits per heavy atom. The van der Waals surface area contributed by atoms with Gasteiger partial charge in [0.25, 0.3) is 0 Å². The SMILES string of the molecule is C.C.CC1(C)c2ccccc2-c2ccc(-c3ccc(-c4c5ccccc5c(-c5ccccc5)c5ccccc45)c4c3oc3ccccc34)cc21.c1ccc(-c2c3ccccc3c(-c3ccc(-c4ccc5oc6ccccc6c5c4)c4oc5ccccc5c34)c3ccccc23)cc1.c1ccc(-c2ccc(-c3ccc(-c4c5ccccc5c(-c5ccccc5)c5ccccc45)c4c3oc3ccccc34)cc2)cc1. The van der Waals surface area contributed by atoms with Gasteiger partial charge in [-0.1, -0.05) is 453 Å². The largest absolute Gasteiger partial charge is 0.456 e. The summed E-state index contributed by atoms with van der Waals surface area (Å²) in [5.74, 6) is 0. The van der Waals surface area contributed by atoms with Crippen molar-refractivity contribution in [3.8, 4) is 122 Å². The summed E-state index contributed by atoms with van der Waals surface area (Å²) in [5, 5.41) is 24.0. The lowest BCUT2D eigenvalue weighted by Crippen LogP contribution is -2.14. The van der Waals surface area contributed by atoms with Crippen LogP contribution in [0.5, 0.6) is 0 Å². The molecule has 4 aromatic heterocycles. The van der Waals surface area contributed by atoms with Crippen LogP contribution in [0.15, 0.2) is 503 Å². The normalized spacial score (nSPS) is 12.1. The van der Waals surface area contributed by atoms with Crippen molar-refractivity contribution in [3.63, 3.8) is 0 Å². The first kappa shape index (κ1) is 84.8. The van der Waals surface area contributed by atoms with Crippen LogP contribution in [0.2, 0.25) is 0 Å². The minimum Gasteiger partial charge on any atom is -0.456 e.